The van der Waals surface area contributed by atoms with Crippen molar-refractivity contribution < 1.29 is 17.9 Å². The van der Waals surface area contributed by atoms with E-state index in [9.17, 15) is 13.2 Å². The summed E-state index contributed by atoms with van der Waals surface area (Å²) < 4.78 is 35.8. The lowest BCUT2D eigenvalue weighted by Crippen LogP contribution is -2.55. The van der Waals surface area contributed by atoms with Crippen LogP contribution in [0.15, 0.2) is 53.4 Å². The van der Waals surface area contributed by atoms with Gasteiger partial charge in [-0.25, -0.2) is 18.1 Å². The average Bonchev–Trinajstić information content (AvgIpc) is 3.67. The van der Waals surface area contributed by atoms with E-state index in [0.29, 0.717) is 22.6 Å². The van der Waals surface area contributed by atoms with E-state index in [1.807, 2.05) is 36.9 Å². The summed E-state index contributed by atoms with van der Waals surface area (Å²) in [5, 5.41) is 0. The predicted molar refractivity (Wildman–Crippen MR) is 154 cm³/mol. The van der Waals surface area contributed by atoms with E-state index in [4.69, 9.17) is 4.74 Å². The Balaban J connectivity index is 1.48. The number of anilines is 1. The molecule has 2 saturated carbocycles. The van der Waals surface area contributed by atoms with Gasteiger partial charge in [0, 0.05) is 23.2 Å². The monoisotopic (exact) mass is 560 g/mol. The van der Waals surface area contributed by atoms with Crippen molar-refractivity contribution in [3.05, 3.63) is 65.2 Å². The van der Waals surface area contributed by atoms with Crippen molar-refractivity contribution >= 4 is 21.9 Å². The molecule has 0 radical (unpaired) electrons. The Morgan fingerprint density at radius 2 is 1.75 bits per heavy atom. The Morgan fingerprint density at radius 3 is 2.42 bits per heavy atom. The SMILES string of the molecule is Cc1cccc(C)c1-c1cc2nc(n1)NS(=O)(=O)c1cccc(c1)C(=O)N(C1CC3(CC3)C1)[C@H](CC(C)C)CO2. The van der Waals surface area contributed by atoms with Gasteiger partial charge in [-0.1, -0.05) is 38.1 Å². The molecule has 2 heterocycles. The highest BCUT2D eigenvalue weighted by Crippen LogP contribution is 2.62. The quantitative estimate of drug-likeness (QED) is 0.436. The first-order chi connectivity index (χ1) is 19.0. The molecule has 2 aromatic carbocycles. The molecule has 8 nitrogen and oxygen atoms in total. The summed E-state index contributed by atoms with van der Waals surface area (Å²) in [5.74, 6) is 0.372. The zero-order chi connectivity index (χ0) is 28.2. The highest BCUT2D eigenvalue weighted by atomic mass is 32.2. The molecule has 1 spiro atoms. The molecule has 9 heteroatoms. The molecule has 3 aromatic rings. The first-order valence-electron chi connectivity index (χ1n) is 14.1. The van der Waals surface area contributed by atoms with Crippen LogP contribution in [0.1, 0.15) is 67.4 Å². The van der Waals surface area contributed by atoms with Crippen molar-refractivity contribution in [3.8, 4) is 17.1 Å². The smallest absolute Gasteiger partial charge is 0.264 e. The summed E-state index contributed by atoms with van der Waals surface area (Å²) >= 11 is 0. The fourth-order valence-electron chi connectivity index (χ4n) is 6.35. The lowest BCUT2D eigenvalue weighted by Gasteiger charge is -2.47. The van der Waals surface area contributed by atoms with Crippen LogP contribution in [-0.2, 0) is 10.0 Å². The van der Waals surface area contributed by atoms with Crippen LogP contribution in [-0.4, -0.2) is 47.9 Å². The molecular weight excluding hydrogens is 524 g/mol. The van der Waals surface area contributed by atoms with Crippen LogP contribution in [0.2, 0.25) is 0 Å². The topological polar surface area (TPSA) is 101 Å². The number of ether oxygens (including phenoxy) is 1. The van der Waals surface area contributed by atoms with E-state index < -0.39 is 10.0 Å². The third-order valence-electron chi connectivity index (χ3n) is 8.54. The number of fused-ring (bicyclic) bond motifs is 4. The number of carbonyl (C=O) groups excluding carboxylic acids is 1. The van der Waals surface area contributed by atoms with Crippen molar-refractivity contribution in [1.82, 2.24) is 14.9 Å². The minimum absolute atomic E-state index is 0.00577. The molecule has 40 heavy (non-hydrogen) atoms. The van der Waals surface area contributed by atoms with Crippen molar-refractivity contribution in [2.75, 3.05) is 11.3 Å². The Bertz CT molecular complexity index is 1550. The lowest BCUT2D eigenvalue weighted by atomic mass is 9.75. The number of nitrogens with one attached hydrogen (secondary N) is 1. The number of rotatable bonds is 4. The third kappa shape index (κ3) is 5.07. The van der Waals surface area contributed by atoms with Crippen LogP contribution in [0, 0.1) is 25.2 Å². The van der Waals surface area contributed by atoms with Crippen LogP contribution in [0.3, 0.4) is 0 Å². The van der Waals surface area contributed by atoms with Crippen LogP contribution in [0.4, 0.5) is 5.95 Å². The van der Waals surface area contributed by atoms with Gasteiger partial charge in [-0.05, 0) is 86.6 Å². The molecule has 0 unspecified atom stereocenters. The maximum absolute atomic E-state index is 14.1. The number of aryl methyl sites for hydroxylation is 2. The van der Waals surface area contributed by atoms with Gasteiger partial charge in [-0.3, -0.25) is 4.79 Å². The Kier molecular flexibility index (Phi) is 6.60. The van der Waals surface area contributed by atoms with Crippen LogP contribution in [0.25, 0.3) is 11.3 Å². The van der Waals surface area contributed by atoms with Gasteiger partial charge < -0.3 is 9.64 Å². The first-order valence-corrected chi connectivity index (χ1v) is 15.6. The summed E-state index contributed by atoms with van der Waals surface area (Å²) in [6, 6.07) is 13.9. The highest BCUT2D eigenvalue weighted by molar-refractivity contribution is 7.92. The fourth-order valence-corrected chi connectivity index (χ4v) is 7.34. The normalized spacial score (nSPS) is 21.5. The van der Waals surface area contributed by atoms with Crippen molar-refractivity contribution in [1.29, 1.82) is 0 Å². The zero-order valence-electron chi connectivity index (χ0n) is 23.5. The number of sulfonamides is 1. The van der Waals surface area contributed by atoms with E-state index >= 15 is 0 Å². The first kappa shape index (κ1) is 26.7. The van der Waals surface area contributed by atoms with Gasteiger partial charge in [0.2, 0.25) is 11.8 Å². The summed E-state index contributed by atoms with van der Waals surface area (Å²) in [5.41, 5.74) is 4.25. The van der Waals surface area contributed by atoms with E-state index in [2.05, 4.69) is 28.5 Å². The second-order valence-corrected chi connectivity index (χ2v) is 13.9. The molecule has 4 bridgehead atoms. The molecule has 1 amide bonds. The minimum Gasteiger partial charge on any atom is -0.475 e. The van der Waals surface area contributed by atoms with E-state index in [-0.39, 0.29) is 41.3 Å². The Labute approximate surface area is 236 Å². The Hall–Kier alpha value is -3.46. The largest absolute Gasteiger partial charge is 0.475 e. The fraction of sp³-hybridized carbons (Fsp3) is 0.452. The second kappa shape index (κ2) is 9.87. The molecule has 0 saturated heterocycles. The lowest BCUT2D eigenvalue weighted by molar-refractivity contribution is 0.00919. The number of amides is 1. The minimum atomic E-state index is -4.07. The standard InChI is InChI=1S/C31H36N4O4S/c1-19(2)13-23-18-39-27-15-26(28-20(3)7-5-8-21(28)4)32-30(33-27)34-40(37,38)25-10-6-9-22(14-25)29(36)35(23)24-16-31(17-24)11-12-31/h5-10,14-15,19,23-24H,11-13,16-18H2,1-4H3,(H,32,33,34)/t23-/m1/s1. The van der Waals surface area contributed by atoms with Gasteiger partial charge in [0.25, 0.3) is 15.9 Å². The van der Waals surface area contributed by atoms with E-state index in [1.165, 1.54) is 25.0 Å². The number of carbonyl (C=O) groups is 1. The van der Waals surface area contributed by atoms with Crippen LogP contribution in [0.5, 0.6) is 5.88 Å². The van der Waals surface area contributed by atoms with Crippen LogP contribution < -0.4 is 9.46 Å². The second-order valence-electron chi connectivity index (χ2n) is 12.2. The van der Waals surface area contributed by atoms with Gasteiger partial charge in [-0.2, -0.15) is 4.98 Å². The number of nitrogens with zero attached hydrogens (tertiary/aromatic N) is 3. The van der Waals surface area contributed by atoms with Crippen LogP contribution >= 0.6 is 0 Å². The number of aromatic nitrogens is 2. The average molecular weight is 561 g/mol. The van der Waals surface area contributed by atoms with Crippen molar-refractivity contribution in [3.63, 3.8) is 0 Å². The summed E-state index contributed by atoms with van der Waals surface area (Å²) in [7, 11) is -4.07. The van der Waals surface area contributed by atoms with Gasteiger partial charge in [0.15, 0.2) is 0 Å². The number of benzene rings is 2. The molecule has 6 rings (SSSR count). The predicted octanol–water partition coefficient (Wildman–Crippen LogP) is 5.75. The summed E-state index contributed by atoms with van der Waals surface area (Å²) in [4.78, 5) is 25.1. The zero-order valence-corrected chi connectivity index (χ0v) is 24.3. The van der Waals surface area contributed by atoms with Gasteiger partial charge in [0.1, 0.15) is 6.61 Å². The molecule has 3 aliphatic rings. The molecule has 1 atom stereocenters. The number of hydrogen-bond acceptors (Lipinski definition) is 6. The molecule has 1 aromatic heterocycles. The summed E-state index contributed by atoms with van der Waals surface area (Å²) in [6.45, 7) is 8.53. The Morgan fingerprint density at radius 1 is 1.05 bits per heavy atom. The maximum atomic E-state index is 14.1. The van der Waals surface area contributed by atoms with Gasteiger partial charge in [-0.15, -0.1) is 0 Å². The molecular formula is C31H36N4O4S. The van der Waals surface area contributed by atoms with E-state index in [0.717, 1.165) is 36.0 Å². The van der Waals surface area contributed by atoms with Gasteiger partial charge in [0.05, 0.1) is 16.6 Å². The summed E-state index contributed by atoms with van der Waals surface area (Å²) in [6.07, 6.45) is 5.18. The maximum Gasteiger partial charge on any atom is 0.264 e. The molecule has 2 aliphatic carbocycles. The molecule has 210 valence electrons. The van der Waals surface area contributed by atoms with E-state index in [1.54, 1.807) is 18.2 Å². The van der Waals surface area contributed by atoms with Gasteiger partial charge >= 0.3 is 0 Å². The highest BCUT2D eigenvalue weighted by Gasteiger charge is 2.56. The molecule has 2 fully saturated rings. The molecule has 1 N–H and O–H groups in total. The van der Waals surface area contributed by atoms with Crippen molar-refractivity contribution in [2.45, 2.75) is 76.8 Å². The molecule has 1 aliphatic heterocycles. The number of hydrogen-bond donors (Lipinski definition) is 1. The van der Waals surface area contributed by atoms with Crippen molar-refractivity contribution in [2.24, 2.45) is 11.3 Å². The third-order valence-corrected chi connectivity index (χ3v) is 9.87.